The van der Waals surface area contributed by atoms with Crippen LogP contribution in [0.1, 0.15) is 160 Å². The summed E-state index contributed by atoms with van der Waals surface area (Å²) >= 11 is 0. The molecule has 422 valence electrons. The molecule has 4 aromatic carbocycles. The van der Waals surface area contributed by atoms with Gasteiger partial charge in [0.25, 0.3) is 11.5 Å². The van der Waals surface area contributed by atoms with Crippen LogP contribution in [0.15, 0.2) is 150 Å². The van der Waals surface area contributed by atoms with E-state index in [1.165, 1.54) is 12.1 Å². The molecule has 5 rings (SSSR count). The number of hydrogen-bond acceptors (Lipinski definition) is 12. The summed E-state index contributed by atoms with van der Waals surface area (Å²) in [5.41, 5.74) is 2.96. The average molecular weight is 1080 g/mol. The summed E-state index contributed by atoms with van der Waals surface area (Å²) < 4.78 is 26.7. The standard InChI is InChI=1S/C26H36N4O4S.C25H25N5O2.5C2H6/c1-6-9-11-20(8-3)16-18-35(33,34)22-14-12-21(13-15-22)28-29-24-19(4)23(27-5)25(31)30(26(24)32)17-10-7-2;1-18(27-29-22-9-5-3-6-10-22)24(31)17-20-13-15-21(16-14-20)26-25(32)19(2)28-30-23-11-7-4-8-12-23;5*1-2/h12-15,20,31H,6-11,16-18H2,1-4H3;3-16,18-19H,17H2,1-2H3,(H,26,32);5*1-2H3. The van der Waals surface area contributed by atoms with Crippen LogP contribution in [0.2, 0.25) is 0 Å². The molecule has 1 amide bonds. The Kier molecular flexibility index (Phi) is 40.4. The van der Waals surface area contributed by atoms with E-state index in [-0.39, 0.29) is 58.1 Å². The van der Waals surface area contributed by atoms with E-state index in [9.17, 15) is 27.9 Å². The highest BCUT2D eigenvalue weighted by atomic mass is 32.2. The van der Waals surface area contributed by atoms with Crippen LogP contribution >= 0.6 is 0 Å². The SMILES string of the molecule is CC.CC.CC.CC.CC.CC(N=Nc1ccccc1)C(=O)Cc1ccc(NC(=O)C(C)N=Nc2ccccc2)cc1.[C-]#[N+]c1c(C)c(N=Nc2ccc(S(=O)(=O)CCC(CC)CCCC)cc2)c(=O)n(CCCC)c1O. The monoisotopic (exact) mass is 1080 g/mol. The molecule has 77 heavy (non-hydrogen) atoms. The number of aromatic nitrogens is 1. The van der Waals surface area contributed by atoms with Gasteiger partial charge in [-0.25, -0.2) is 13.3 Å². The summed E-state index contributed by atoms with van der Waals surface area (Å²) in [6.45, 7) is 38.8. The first-order valence-corrected chi connectivity index (χ1v) is 29.3. The topological polar surface area (TPSA) is 201 Å². The van der Waals surface area contributed by atoms with Gasteiger partial charge in [0.05, 0.1) is 34.3 Å². The Labute approximate surface area is 462 Å². The van der Waals surface area contributed by atoms with Crippen molar-refractivity contribution < 1.29 is 23.1 Å². The number of carbonyl (C=O) groups excluding carboxylic acids is 2. The minimum absolute atomic E-state index is 0.0145. The van der Waals surface area contributed by atoms with Crippen LogP contribution in [0.5, 0.6) is 5.88 Å². The molecule has 1 aromatic heterocycles. The maximum Gasteiger partial charge on any atom is 0.279 e. The molecular formula is C61H91N9O6S. The molecule has 0 spiro atoms. The van der Waals surface area contributed by atoms with E-state index in [0.717, 1.165) is 42.2 Å². The van der Waals surface area contributed by atoms with E-state index in [0.29, 0.717) is 41.5 Å². The molecular weight excluding hydrogens is 987 g/mol. The van der Waals surface area contributed by atoms with Crippen molar-refractivity contribution in [1.82, 2.24) is 4.57 Å². The smallest absolute Gasteiger partial charge is 0.279 e. The largest absolute Gasteiger partial charge is 0.503 e. The van der Waals surface area contributed by atoms with Crippen molar-refractivity contribution in [1.29, 1.82) is 0 Å². The second-order valence-electron chi connectivity index (χ2n) is 16.1. The predicted molar refractivity (Wildman–Crippen MR) is 320 cm³/mol. The van der Waals surface area contributed by atoms with Gasteiger partial charge in [0.1, 0.15) is 17.8 Å². The molecule has 0 bridgehead atoms. The van der Waals surface area contributed by atoms with Crippen molar-refractivity contribution in [2.45, 2.75) is 186 Å². The summed E-state index contributed by atoms with van der Waals surface area (Å²) in [4.78, 5) is 41.2. The third-order valence-corrected chi connectivity index (χ3v) is 12.7. The van der Waals surface area contributed by atoms with E-state index in [1.807, 2.05) is 149 Å². The summed E-state index contributed by atoms with van der Waals surface area (Å²) in [7, 11) is -3.40. The van der Waals surface area contributed by atoms with Gasteiger partial charge in [0, 0.05) is 18.7 Å². The van der Waals surface area contributed by atoms with Crippen LogP contribution in [0, 0.1) is 19.4 Å². The molecule has 3 atom stereocenters. The van der Waals surface area contributed by atoms with E-state index in [2.05, 4.69) is 54.7 Å². The molecule has 0 fully saturated rings. The maximum absolute atomic E-state index is 12.9. The van der Waals surface area contributed by atoms with Gasteiger partial charge in [-0.2, -0.15) is 25.6 Å². The number of sulfone groups is 1. The van der Waals surface area contributed by atoms with Crippen LogP contribution in [-0.4, -0.2) is 47.6 Å². The van der Waals surface area contributed by atoms with Crippen molar-refractivity contribution in [3.8, 4) is 5.88 Å². The lowest BCUT2D eigenvalue weighted by atomic mass is 9.97. The van der Waals surface area contributed by atoms with Gasteiger partial charge in [-0.15, -0.1) is 5.11 Å². The first-order valence-electron chi connectivity index (χ1n) is 27.6. The molecule has 16 heteroatoms. The number of benzene rings is 4. The molecule has 1 heterocycles. The molecule has 2 N–H and O–H groups in total. The van der Waals surface area contributed by atoms with Crippen LogP contribution in [0.25, 0.3) is 4.85 Å². The van der Waals surface area contributed by atoms with Crippen molar-refractivity contribution in [3.05, 3.63) is 142 Å². The number of nitrogens with one attached hydrogen (secondary N) is 1. The number of aromatic hydroxyl groups is 1. The number of Topliss-reactive ketones (excluding diaryl/α,β-unsaturated/α-hetero) is 1. The lowest BCUT2D eigenvalue weighted by molar-refractivity contribution is -0.119. The van der Waals surface area contributed by atoms with Gasteiger partial charge in [-0.1, -0.05) is 171 Å². The first-order chi connectivity index (χ1) is 37.2. The Balaban J connectivity index is 0. The molecule has 0 aliphatic rings. The summed E-state index contributed by atoms with van der Waals surface area (Å²) in [5.74, 6) is -0.128. The zero-order valence-electron chi connectivity index (χ0n) is 49.2. The molecule has 5 aromatic rings. The second-order valence-corrected chi connectivity index (χ2v) is 18.2. The Bertz CT molecular complexity index is 2600. The number of hydrogen-bond donors (Lipinski definition) is 2. The number of anilines is 1. The van der Waals surface area contributed by atoms with Crippen molar-refractivity contribution >= 4 is 55.7 Å². The Hall–Kier alpha value is -6.99. The molecule has 0 saturated heterocycles. The number of nitrogens with zero attached hydrogens (tertiary/aromatic N) is 8. The zero-order chi connectivity index (χ0) is 58.8. The average Bonchev–Trinajstić information content (AvgIpc) is 3.48. The van der Waals surface area contributed by atoms with Gasteiger partial charge in [0.15, 0.2) is 21.5 Å². The summed E-state index contributed by atoms with van der Waals surface area (Å²) in [5, 5.41) is 37.7. The number of ketones is 1. The van der Waals surface area contributed by atoms with E-state index in [4.69, 9.17) is 6.57 Å². The third kappa shape index (κ3) is 26.6. The van der Waals surface area contributed by atoms with Gasteiger partial charge < -0.3 is 10.4 Å². The fraction of sp³-hybridized carbons (Fsp3) is 0.475. The van der Waals surface area contributed by atoms with Gasteiger partial charge in [-0.3, -0.25) is 19.0 Å². The maximum atomic E-state index is 12.9. The molecule has 0 saturated carbocycles. The van der Waals surface area contributed by atoms with Crippen LogP contribution in [-0.2, 0) is 32.4 Å². The number of unbranched alkanes of at least 4 members (excludes halogenated alkanes) is 2. The van der Waals surface area contributed by atoms with Crippen molar-refractivity contribution in [2.24, 2.45) is 36.6 Å². The number of rotatable bonds is 22. The fourth-order valence-electron chi connectivity index (χ4n) is 6.59. The van der Waals surface area contributed by atoms with E-state index >= 15 is 0 Å². The number of pyridine rings is 1. The van der Waals surface area contributed by atoms with Gasteiger partial charge in [-0.05, 0) is 111 Å². The van der Waals surface area contributed by atoms with Gasteiger partial charge >= 0.3 is 0 Å². The number of carbonyl (C=O) groups is 2. The number of amides is 1. The zero-order valence-corrected chi connectivity index (χ0v) is 50.0. The predicted octanol–water partition coefficient (Wildman–Crippen LogP) is 18.2. The van der Waals surface area contributed by atoms with Crippen molar-refractivity contribution in [2.75, 3.05) is 11.1 Å². The normalized spacial score (nSPS) is 11.6. The highest BCUT2D eigenvalue weighted by Gasteiger charge is 2.20. The van der Waals surface area contributed by atoms with E-state index < -0.39 is 27.5 Å². The molecule has 0 aliphatic carbocycles. The van der Waals surface area contributed by atoms with E-state index in [1.54, 1.807) is 45.0 Å². The molecule has 0 aliphatic heterocycles. The number of azo groups is 3. The quantitative estimate of drug-likeness (QED) is 0.0510. The first kappa shape index (κ1) is 72.1. The Morgan fingerprint density at radius 2 is 1.16 bits per heavy atom. The minimum Gasteiger partial charge on any atom is -0.503 e. The summed E-state index contributed by atoms with van der Waals surface area (Å²) in [6, 6.07) is 30.6. The second kappa shape index (κ2) is 43.1. The Morgan fingerprint density at radius 1 is 0.662 bits per heavy atom. The highest BCUT2D eigenvalue weighted by molar-refractivity contribution is 7.91. The molecule has 15 nitrogen and oxygen atoms in total. The van der Waals surface area contributed by atoms with Gasteiger partial charge in [0.2, 0.25) is 5.69 Å². The fourth-order valence-corrected chi connectivity index (χ4v) is 8.02. The van der Waals surface area contributed by atoms with Crippen LogP contribution in [0.4, 0.5) is 34.1 Å². The van der Waals surface area contributed by atoms with Crippen LogP contribution < -0.4 is 10.9 Å². The molecule has 0 radical (unpaired) electrons. The highest BCUT2D eigenvalue weighted by Crippen LogP contribution is 2.35. The van der Waals surface area contributed by atoms with Crippen LogP contribution in [0.3, 0.4) is 0 Å². The lowest BCUT2D eigenvalue weighted by Crippen LogP contribution is -2.23. The lowest BCUT2D eigenvalue weighted by Gasteiger charge is -2.14. The Morgan fingerprint density at radius 3 is 1.64 bits per heavy atom. The summed E-state index contributed by atoms with van der Waals surface area (Å²) in [6.07, 6.45) is 6.61. The minimum atomic E-state index is -3.40. The molecule has 3 unspecified atom stereocenters. The third-order valence-electron chi connectivity index (χ3n) is 10.9. The van der Waals surface area contributed by atoms with Crippen molar-refractivity contribution in [3.63, 3.8) is 0 Å².